The minimum atomic E-state index is -0.905. The number of amides is 2. The van der Waals surface area contributed by atoms with Crippen LogP contribution in [0.4, 0.5) is 5.69 Å². The highest BCUT2D eigenvalue weighted by Gasteiger charge is 2.36. The van der Waals surface area contributed by atoms with Gasteiger partial charge in [0.2, 0.25) is 5.91 Å². The minimum absolute atomic E-state index is 0.103. The van der Waals surface area contributed by atoms with Crippen LogP contribution in [0.1, 0.15) is 60.3 Å². The van der Waals surface area contributed by atoms with Crippen LogP contribution in [0.3, 0.4) is 0 Å². The maximum Gasteiger partial charge on any atom is 0.294 e. The molecule has 35 heavy (non-hydrogen) atoms. The van der Waals surface area contributed by atoms with Gasteiger partial charge in [-0.15, -0.1) is 0 Å². The maximum atomic E-state index is 13.8. The van der Waals surface area contributed by atoms with Crippen LogP contribution >= 0.6 is 0 Å². The molecule has 0 radical (unpaired) electrons. The van der Waals surface area contributed by atoms with Gasteiger partial charge >= 0.3 is 0 Å². The molecule has 0 unspecified atom stereocenters. The quantitative estimate of drug-likeness (QED) is 0.453. The summed E-state index contributed by atoms with van der Waals surface area (Å²) >= 11 is 0. The fourth-order valence-electron chi connectivity index (χ4n) is 4.58. The van der Waals surface area contributed by atoms with Crippen LogP contribution in [0, 0.1) is 0 Å². The molecule has 2 amide bonds. The number of ether oxygens (including phenoxy) is 2. The van der Waals surface area contributed by atoms with Gasteiger partial charge in [0, 0.05) is 17.8 Å². The van der Waals surface area contributed by atoms with Crippen molar-refractivity contribution >= 4 is 17.5 Å². The lowest BCUT2D eigenvalue weighted by atomic mass is 9.99. The Labute approximate surface area is 206 Å². The third-order valence-electron chi connectivity index (χ3n) is 6.51. The van der Waals surface area contributed by atoms with Gasteiger partial charge in [-0.05, 0) is 54.7 Å². The number of benzene rings is 2. The monoisotopic (exact) mass is 476 g/mol. The number of aryl methyl sites for hydroxylation is 1. The summed E-state index contributed by atoms with van der Waals surface area (Å²) in [5, 5.41) is 3.19. The van der Waals surface area contributed by atoms with Gasteiger partial charge in [-0.1, -0.05) is 44.0 Å². The Bertz CT molecular complexity index is 1130. The second-order valence-electron chi connectivity index (χ2n) is 8.68. The zero-order valence-corrected chi connectivity index (χ0v) is 20.5. The van der Waals surface area contributed by atoms with E-state index in [0.29, 0.717) is 22.7 Å². The van der Waals surface area contributed by atoms with Crippen molar-refractivity contribution in [1.82, 2.24) is 5.32 Å². The number of furan rings is 1. The minimum Gasteiger partial charge on any atom is -0.493 e. The van der Waals surface area contributed by atoms with Gasteiger partial charge in [-0.2, -0.15) is 0 Å². The van der Waals surface area contributed by atoms with Crippen molar-refractivity contribution in [2.24, 2.45) is 0 Å². The summed E-state index contributed by atoms with van der Waals surface area (Å²) in [5.74, 6) is 0.479. The van der Waals surface area contributed by atoms with Gasteiger partial charge in [-0.3, -0.25) is 14.5 Å². The summed E-state index contributed by atoms with van der Waals surface area (Å²) in [4.78, 5) is 29.1. The van der Waals surface area contributed by atoms with Crippen LogP contribution in [0.25, 0.3) is 0 Å². The summed E-state index contributed by atoms with van der Waals surface area (Å²) in [6.07, 6.45) is 6.39. The molecule has 0 bridgehead atoms. The fourth-order valence-corrected chi connectivity index (χ4v) is 4.58. The van der Waals surface area contributed by atoms with E-state index in [0.717, 1.165) is 37.7 Å². The number of methoxy groups -OCH3 is 2. The van der Waals surface area contributed by atoms with Gasteiger partial charge in [0.1, 0.15) is 6.04 Å². The summed E-state index contributed by atoms with van der Waals surface area (Å²) in [7, 11) is 3.09. The zero-order chi connectivity index (χ0) is 24.8. The topological polar surface area (TPSA) is 81.0 Å². The molecule has 1 aromatic heterocycles. The SMILES string of the molecule is CCc1ccc([C@H](C(=O)NC2CCCC2)N(C(=O)c2ccco2)c2ccc(OC)c(OC)c2)cc1. The van der Waals surface area contributed by atoms with E-state index < -0.39 is 11.9 Å². The Morgan fingerprint density at radius 2 is 1.74 bits per heavy atom. The van der Waals surface area contributed by atoms with Crippen molar-refractivity contribution in [2.75, 3.05) is 19.1 Å². The van der Waals surface area contributed by atoms with Crippen molar-refractivity contribution in [2.45, 2.75) is 51.1 Å². The lowest BCUT2D eigenvalue weighted by Gasteiger charge is -2.32. The molecule has 1 heterocycles. The van der Waals surface area contributed by atoms with Crippen LogP contribution in [-0.2, 0) is 11.2 Å². The Morgan fingerprint density at radius 3 is 2.34 bits per heavy atom. The number of nitrogens with one attached hydrogen (secondary N) is 1. The Morgan fingerprint density at radius 1 is 1.03 bits per heavy atom. The van der Waals surface area contributed by atoms with E-state index in [-0.39, 0.29) is 17.7 Å². The first-order valence-electron chi connectivity index (χ1n) is 12.0. The standard InChI is InChI=1S/C28H32N2O5/c1-4-19-11-13-20(14-12-19)26(27(31)29-21-8-5-6-9-21)30(28(32)24-10-7-17-35-24)22-15-16-23(33-2)25(18-22)34-3/h7,10-18,21,26H,4-6,8-9H2,1-3H3,(H,29,31)/t26-/m1/s1. The highest BCUT2D eigenvalue weighted by Crippen LogP contribution is 2.36. The first-order valence-corrected chi connectivity index (χ1v) is 12.0. The third kappa shape index (κ3) is 5.34. The number of rotatable bonds is 9. The average molecular weight is 477 g/mol. The van der Waals surface area contributed by atoms with Crippen molar-refractivity contribution in [1.29, 1.82) is 0 Å². The van der Waals surface area contributed by atoms with Crippen molar-refractivity contribution in [3.8, 4) is 11.5 Å². The fraction of sp³-hybridized carbons (Fsp3) is 0.357. The second kappa shape index (κ2) is 11.1. The molecule has 0 aliphatic heterocycles. The molecule has 1 saturated carbocycles. The van der Waals surface area contributed by atoms with E-state index in [9.17, 15) is 9.59 Å². The molecule has 1 fully saturated rings. The number of anilines is 1. The molecule has 1 atom stereocenters. The summed E-state index contributed by atoms with van der Waals surface area (Å²) in [5.41, 5.74) is 2.36. The van der Waals surface area contributed by atoms with Crippen LogP contribution in [0.15, 0.2) is 65.3 Å². The van der Waals surface area contributed by atoms with Gasteiger partial charge in [0.25, 0.3) is 5.91 Å². The molecule has 3 aromatic rings. The number of nitrogens with zero attached hydrogens (tertiary/aromatic N) is 1. The van der Waals surface area contributed by atoms with Gasteiger partial charge in [0.05, 0.1) is 20.5 Å². The lowest BCUT2D eigenvalue weighted by molar-refractivity contribution is -0.123. The van der Waals surface area contributed by atoms with E-state index in [1.807, 2.05) is 24.3 Å². The average Bonchev–Trinajstić information content (AvgIpc) is 3.61. The molecule has 2 aromatic carbocycles. The molecule has 7 nitrogen and oxygen atoms in total. The summed E-state index contributed by atoms with van der Waals surface area (Å²) in [6, 6.07) is 15.5. The van der Waals surface area contributed by atoms with E-state index in [1.165, 1.54) is 18.3 Å². The third-order valence-corrected chi connectivity index (χ3v) is 6.51. The van der Waals surface area contributed by atoms with Crippen molar-refractivity contribution < 1.29 is 23.5 Å². The van der Waals surface area contributed by atoms with Gasteiger partial charge < -0.3 is 19.2 Å². The van der Waals surface area contributed by atoms with Crippen LogP contribution in [-0.4, -0.2) is 32.1 Å². The molecule has 184 valence electrons. The molecule has 7 heteroatoms. The van der Waals surface area contributed by atoms with Gasteiger partial charge in [-0.25, -0.2) is 0 Å². The highest BCUT2D eigenvalue weighted by molar-refractivity contribution is 6.08. The summed E-state index contributed by atoms with van der Waals surface area (Å²) < 4.78 is 16.3. The highest BCUT2D eigenvalue weighted by atomic mass is 16.5. The van der Waals surface area contributed by atoms with Crippen molar-refractivity contribution in [3.05, 3.63) is 77.7 Å². The lowest BCUT2D eigenvalue weighted by Crippen LogP contribution is -2.46. The van der Waals surface area contributed by atoms with Crippen LogP contribution in [0.2, 0.25) is 0 Å². The number of carbonyl (C=O) groups excluding carboxylic acids is 2. The molecular formula is C28H32N2O5. The van der Waals surface area contributed by atoms with Crippen LogP contribution < -0.4 is 19.7 Å². The Kier molecular flexibility index (Phi) is 7.75. The molecule has 0 saturated heterocycles. The molecule has 0 spiro atoms. The van der Waals surface area contributed by atoms with Gasteiger partial charge in [0.15, 0.2) is 17.3 Å². The predicted molar refractivity (Wildman–Crippen MR) is 134 cm³/mol. The summed E-state index contributed by atoms with van der Waals surface area (Å²) in [6.45, 7) is 2.08. The van der Waals surface area contributed by atoms with Crippen LogP contribution in [0.5, 0.6) is 11.5 Å². The van der Waals surface area contributed by atoms with E-state index in [4.69, 9.17) is 13.9 Å². The Hall–Kier alpha value is -3.74. The molecule has 1 N–H and O–H groups in total. The molecule has 1 aliphatic carbocycles. The number of hydrogen-bond donors (Lipinski definition) is 1. The predicted octanol–water partition coefficient (Wildman–Crippen LogP) is 5.31. The largest absolute Gasteiger partial charge is 0.493 e. The first kappa shape index (κ1) is 24.4. The van der Waals surface area contributed by atoms with E-state index >= 15 is 0 Å². The smallest absolute Gasteiger partial charge is 0.294 e. The van der Waals surface area contributed by atoms with Crippen molar-refractivity contribution in [3.63, 3.8) is 0 Å². The second-order valence-corrected chi connectivity index (χ2v) is 8.68. The van der Waals surface area contributed by atoms with E-state index in [1.54, 1.807) is 37.4 Å². The maximum absolute atomic E-state index is 13.8. The number of hydrogen-bond acceptors (Lipinski definition) is 5. The molecular weight excluding hydrogens is 444 g/mol. The normalized spacial score (nSPS) is 14.4. The first-order chi connectivity index (χ1) is 17.0. The molecule has 1 aliphatic rings. The zero-order valence-electron chi connectivity index (χ0n) is 20.5. The molecule has 4 rings (SSSR count). The number of carbonyl (C=O) groups is 2. The Balaban J connectivity index is 1.83. The van der Waals surface area contributed by atoms with E-state index in [2.05, 4.69) is 12.2 Å².